The molecule has 0 bridgehead atoms. The minimum Gasteiger partial charge on any atom is -0.489 e. The molecule has 33 heavy (non-hydrogen) atoms. The summed E-state index contributed by atoms with van der Waals surface area (Å²) in [5, 5.41) is 0.842. The van der Waals surface area contributed by atoms with Gasteiger partial charge in [0.15, 0.2) is 5.82 Å². The van der Waals surface area contributed by atoms with E-state index in [1.54, 1.807) is 13.0 Å². The summed E-state index contributed by atoms with van der Waals surface area (Å²) in [5.41, 5.74) is 8.97. The van der Waals surface area contributed by atoms with Gasteiger partial charge >= 0.3 is 5.97 Å². The van der Waals surface area contributed by atoms with E-state index >= 15 is 4.39 Å². The molecule has 0 aliphatic heterocycles. The van der Waals surface area contributed by atoms with E-state index in [-0.39, 0.29) is 31.2 Å². The van der Waals surface area contributed by atoms with Crippen molar-refractivity contribution in [3.05, 3.63) is 83.1 Å². The van der Waals surface area contributed by atoms with Gasteiger partial charge in [0.25, 0.3) is 0 Å². The van der Waals surface area contributed by atoms with Crippen LogP contribution >= 0.6 is 0 Å². The number of ether oxygens (including phenoxy) is 2. The molecule has 7 heteroatoms. The predicted octanol–water partition coefficient (Wildman–Crippen LogP) is 5.09. The number of fused-ring (bicyclic) bond motifs is 1. The fourth-order valence-electron chi connectivity index (χ4n) is 3.78. The van der Waals surface area contributed by atoms with Crippen molar-refractivity contribution in [3.63, 3.8) is 0 Å². The SMILES string of the molecule is CCOC(=O)Cc1ccccc1OCc1cc(-c2ccnc(CN)c2F)c2oc(C)cc2c1. The molecule has 0 aliphatic rings. The van der Waals surface area contributed by atoms with Gasteiger partial charge in [0.1, 0.15) is 23.7 Å². The number of carbonyl (C=O) groups is 1. The van der Waals surface area contributed by atoms with Crippen LogP contribution < -0.4 is 10.5 Å². The Hall–Kier alpha value is -3.71. The number of furan rings is 1. The molecule has 0 saturated heterocycles. The Bertz CT molecular complexity index is 1300. The molecule has 4 aromatic rings. The van der Waals surface area contributed by atoms with E-state index in [9.17, 15) is 4.79 Å². The van der Waals surface area contributed by atoms with Crippen LogP contribution in [0.3, 0.4) is 0 Å². The minimum absolute atomic E-state index is 0.0000499. The zero-order valence-electron chi connectivity index (χ0n) is 18.6. The summed E-state index contributed by atoms with van der Waals surface area (Å²) >= 11 is 0. The molecule has 0 unspecified atom stereocenters. The van der Waals surface area contributed by atoms with Crippen LogP contribution in [0.5, 0.6) is 5.75 Å². The number of hydrogen-bond acceptors (Lipinski definition) is 6. The average Bonchev–Trinajstić information content (AvgIpc) is 3.18. The number of rotatable bonds is 8. The van der Waals surface area contributed by atoms with Gasteiger partial charge < -0.3 is 19.6 Å². The highest BCUT2D eigenvalue weighted by molar-refractivity contribution is 5.93. The van der Waals surface area contributed by atoms with Crippen molar-refractivity contribution in [1.82, 2.24) is 4.98 Å². The van der Waals surface area contributed by atoms with E-state index in [2.05, 4.69) is 4.98 Å². The first-order chi connectivity index (χ1) is 16.0. The molecule has 2 heterocycles. The average molecular weight is 448 g/mol. The highest BCUT2D eigenvalue weighted by Gasteiger charge is 2.17. The maximum Gasteiger partial charge on any atom is 0.310 e. The van der Waals surface area contributed by atoms with Crippen molar-refractivity contribution >= 4 is 16.9 Å². The van der Waals surface area contributed by atoms with Crippen molar-refractivity contribution in [2.75, 3.05) is 6.61 Å². The number of pyridine rings is 1. The van der Waals surface area contributed by atoms with E-state index in [4.69, 9.17) is 19.6 Å². The number of carbonyl (C=O) groups excluding carboxylic acids is 1. The molecule has 0 amide bonds. The van der Waals surface area contributed by atoms with Crippen molar-refractivity contribution in [1.29, 1.82) is 0 Å². The zero-order chi connectivity index (χ0) is 23.4. The lowest BCUT2D eigenvalue weighted by Gasteiger charge is -2.13. The molecular weight excluding hydrogens is 423 g/mol. The second-order valence-electron chi connectivity index (χ2n) is 7.62. The van der Waals surface area contributed by atoms with Gasteiger partial charge in [-0.05, 0) is 49.7 Å². The van der Waals surface area contributed by atoms with E-state index < -0.39 is 5.82 Å². The molecule has 2 aromatic carbocycles. The molecule has 0 aliphatic carbocycles. The molecule has 170 valence electrons. The van der Waals surface area contributed by atoms with Crippen LogP contribution in [0.1, 0.15) is 29.5 Å². The van der Waals surface area contributed by atoms with Crippen molar-refractivity contribution in [3.8, 4) is 16.9 Å². The number of benzene rings is 2. The van der Waals surface area contributed by atoms with Crippen LogP contribution in [0.4, 0.5) is 4.39 Å². The number of aromatic nitrogens is 1. The molecule has 0 saturated carbocycles. The first-order valence-corrected chi connectivity index (χ1v) is 10.7. The summed E-state index contributed by atoms with van der Waals surface area (Å²) < 4.78 is 32.0. The third-order valence-corrected chi connectivity index (χ3v) is 5.25. The third kappa shape index (κ3) is 4.88. The molecule has 6 nitrogen and oxygen atoms in total. The predicted molar refractivity (Wildman–Crippen MR) is 123 cm³/mol. The molecule has 0 atom stereocenters. The second kappa shape index (κ2) is 9.83. The van der Waals surface area contributed by atoms with Gasteiger partial charge in [0, 0.05) is 34.8 Å². The monoisotopic (exact) mass is 448 g/mol. The normalized spacial score (nSPS) is 11.0. The van der Waals surface area contributed by atoms with Gasteiger partial charge in [-0.2, -0.15) is 0 Å². The van der Waals surface area contributed by atoms with Crippen LogP contribution in [0.15, 0.2) is 59.1 Å². The van der Waals surface area contributed by atoms with E-state index in [1.165, 1.54) is 6.20 Å². The number of nitrogens with two attached hydrogens (primary N) is 1. The Labute approximate surface area is 191 Å². The van der Waals surface area contributed by atoms with Crippen molar-refractivity contribution in [2.45, 2.75) is 33.4 Å². The lowest BCUT2D eigenvalue weighted by atomic mass is 10.00. The number of esters is 1. The summed E-state index contributed by atoms with van der Waals surface area (Å²) in [7, 11) is 0. The molecule has 0 spiro atoms. The maximum atomic E-state index is 15.1. The van der Waals surface area contributed by atoms with Gasteiger partial charge in [-0.25, -0.2) is 4.39 Å². The van der Waals surface area contributed by atoms with Crippen LogP contribution in [0.25, 0.3) is 22.1 Å². The number of hydrogen-bond donors (Lipinski definition) is 1. The molecular formula is C26H25FN2O4. The van der Waals surface area contributed by atoms with Crippen molar-refractivity contribution in [2.24, 2.45) is 5.73 Å². The van der Waals surface area contributed by atoms with Gasteiger partial charge in [0.2, 0.25) is 0 Å². The summed E-state index contributed by atoms with van der Waals surface area (Å²) in [5.74, 6) is 0.539. The van der Waals surface area contributed by atoms with E-state index in [1.807, 2.05) is 49.4 Å². The highest BCUT2D eigenvalue weighted by atomic mass is 19.1. The van der Waals surface area contributed by atoms with Crippen LogP contribution in [-0.4, -0.2) is 17.6 Å². The smallest absolute Gasteiger partial charge is 0.310 e. The molecule has 2 aromatic heterocycles. The molecule has 4 rings (SSSR count). The number of nitrogens with zero attached hydrogens (tertiary/aromatic N) is 1. The van der Waals surface area contributed by atoms with Gasteiger partial charge in [-0.15, -0.1) is 0 Å². The molecule has 0 radical (unpaired) electrons. The fraction of sp³-hybridized carbons (Fsp3) is 0.231. The fourth-order valence-corrected chi connectivity index (χ4v) is 3.78. The molecule has 2 N–H and O–H groups in total. The highest BCUT2D eigenvalue weighted by Crippen LogP contribution is 2.35. The Morgan fingerprint density at radius 3 is 2.76 bits per heavy atom. The molecule has 0 fully saturated rings. The summed E-state index contributed by atoms with van der Waals surface area (Å²) in [6, 6.07) is 14.7. The first kappa shape index (κ1) is 22.5. The van der Waals surface area contributed by atoms with Gasteiger partial charge in [-0.1, -0.05) is 18.2 Å². The van der Waals surface area contributed by atoms with Crippen LogP contribution in [0, 0.1) is 12.7 Å². The maximum absolute atomic E-state index is 15.1. The van der Waals surface area contributed by atoms with E-state index in [0.717, 1.165) is 22.3 Å². The summed E-state index contributed by atoms with van der Waals surface area (Å²) in [6.07, 6.45) is 1.66. The Kier molecular flexibility index (Phi) is 6.70. The second-order valence-corrected chi connectivity index (χ2v) is 7.62. The third-order valence-electron chi connectivity index (χ3n) is 5.25. The summed E-state index contributed by atoms with van der Waals surface area (Å²) in [4.78, 5) is 16.0. The van der Waals surface area contributed by atoms with Gasteiger partial charge in [-0.3, -0.25) is 9.78 Å². The van der Waals surface area contributed by atoms with Gasteiger partial charge in [0.05, 0.1) is 18.7 Å². The largest absolute Gasteiger partial charge is 0.489 e. The quantitative estimate of drug-likeness (QED) is 0.378. The Morgan fingerprint density at radius 1 is 1.15 bits per heavy atom. The first-order valence-electron chi connectivity index (χ1n) is 10.7. The Balaban J connectivity index is 1.68. The van der Waals surface area contributed by atoms with Crippen molar-refractivity contribution < 1.29 is 23.1 Å². The lowest BCUT2D eigenvalue weighted by Crippen LogP contribution is -2.09. The number of aryl methyl sites for hydroxylation is 1. The van der Waals surface area contributed by atoms with Crippen LogP contribution in [0.2, 0.25) is 0 Å². The standard InChI is InChI=1S/C26H25FN2O4/c1-3-31-24(30)13-18-6-4-5-7-23(18)32-15-17-11-19-10-16(2)33-26(19)21(12-17)20-8-9-29-22(14-28)25(20)27/h4-12H,3,13-15,28H2,1-2H3. The number of para-hydroxylation sites is 1. The summed E-state index contributed by atoms with van der Waals surface area (Å²) in [6.45, 7) is 4.17. The van der Waals surface area contributed by atoms with Crippen LogP contribution in [-0.2, 0) is 29.1 Å². The number of halogens is 1. The van der Waals surface area contributed by atoms with E-state index in [0.29, 0.717) is 29.1 Å². The zero-order valence-corrected chi connectivity index (χ0v) is 18.6. The lowest BCUT2D eigenvalue weighted by molar-refractivity contribution is -0.142. The topological polar surface area (TPSA) is 87.6 Å². The minimum atomic E-state index is -0.465. The Morgan fingerprint density at radius 2 is 1.97 bits per heavy atom.